The van der Waals surface area contributed by atoms with E-state index in [4.69, 9.17) is 5.73 Å². The van der Waals surface area contributed by atoms with Crippen molar-refractivity contribution in [3.8, 4) is 0 Å². The summed E-state index contributed by atoms with van der Waals surface area (Å²) in [6, 6.07) is 14.4. The fourth-order valence-corrected chi connectivity index (χ4v) is 2.23. The maximum Gasteiger partial charge on any atom is 0.0547 e. The van der Waals surface area contributed by atoms with Gasteiger partial charge in [-0.3, -0.25) is 9.88 Å². The molecule has 3 nitrogen and oxygen atoms in total. The van der Waals surface area contributed by atoms with Crippen LogP contribution in [0.3, 0.4) is 0 Å². The number of benzene rings is 1. The van der Waals surface area contributed by atoms with Crippen molar-refractivity contribution >= 4 is 15.9 Å². The molecule has 0 bridgehead atoms. The van der Waals surface area contributed by atoms with E-state index in [2.05, 4.69) is 57.1 Å². The van der Waals surface area contributed by atoms with Crippen molar-refractivity contribution < 1.29 is 0 Å². The molecule has 19 heavy (non-hydrogen) atoms. The van der Waals surface area contributed by atoms with Gasteiger partial charge in [-0.15, -0.1) is 0 Å². The number of pyridine rings is 1. The predicted octanol–water partition coefficient (Wildman–Crippen LogP) is 2.93. The molecule has 0 spiro atoms. The molecule has 1 aromatic carbocycles. The Morgan fingerprint density at radius 3 is 2.42 bits per heavy atom. The summed E-state index contributed by atoms with van der Waals surface area (Å²) in [5.41, 5.74) is 8.90. The van der Waals surface area contributed by atoms with Gasteiger partial charge in [0.15, 0.2) is 0 Å². The number of hydrogen-bond acceptors (Lipinski definition) is 3. The summed E-state index contributed by atoms with van der Waals surface area (Å²) in [5, 5.41) is 0. The monoisotopic (exact) mass is 319 g/mol. The van der Waals surface area contributed by atoms with E-state index in [-0.39, 0.29) is 0 Å². The number of nitrogens with two attached hydrogens (primary N) is 1. The van der Waals surface area contributed by atoms with E-state index in [1.54, 1.807) is 0 Å². The fourth-order valence-electron chi connectivity index (χ4n) is 1.96. The second-order valence-corrected chi connectivity index (χ2v) is 5.54. The molecule has 2 rings (SSSR count). The first-order chi connectivity index (χ1) is 9.17. The molecule has 4 heteroatoms. The van der Waals surface area contributed by atoms with Gasteiger partial charge in [-0.1, -0.05) is 34.1 Å². The van der Waals surface area contributed by atoms with Crippen LogP contribution in [-0.2, 0) is 19.6 Å². The first kappa shape index (κ1) is 14.2. The van der Waals surface area contributed by atoms with Gasteiger partial charge in [-0.05, 0) is 36.9 Å². The van der Waals surface area contributed by atoms with Crippen molar-refractivity contribution in [2.45, 2.75) is 19.6 Å². The van der Waals surface area contributed by atoms with Crippen LogP contribution in [0.4, 0.5) is 0 Å². The first-order valence-electron chi connectivity index (χ1n) is 6.25. The number of hydrogen-bond donors (Lipinski definition) is 1. The first-order valence-corrected chi connectivity index (χ1v) is 7.04. The maximum absolute atomic E-state index is 5.61. The van der Waals surface area contributed by atoms with Gasteiger partial charge in [-0.25, -0.2) is 0 Å². The van der Waals surface area contributed by atoms with Gasteiger partial charge in [-0.2, -0.15) is 0 Å². The summed E-state index contributed by atoms with van der Waals surface area (Å²) in [6.07, 6.45) is 0. The zero-order chi connectivity index (χ0) is 13.7. The summed E-state index contributed by atoms with van der Waals surface area (Å²) in [5.74, 6) is 0. The summed E-state index contributed by atoms with van der Waals surface area (Å²) in [7, 11) is 2.10. The molecule has 0 fully saturated rings. The van der Waals surface area contributed by atoms with Gasteiger partial charge in [0, 0.05) is 24.1 Å². The molecular formula is C15H18BrN3. The lowest BCUT2D eigenvalue weighted by Crippen LogP contribution is -2.18. The van der Waals surface area contributed by atoms with E-state index in [0.29, 0.717) is 6.54 Å². The highest BCUT2D eigenvalue weighted by Crippen LogP contribution is 2.12. The highest BCUT2D eigenvalue weighted by atomic mass is 79.9. The molecule has 0 aliphatic rings. The SMILES string of the molecule is CN(Cc1ccc(Br)cc1)Cc1cccc(CN)n1. The number of aromatic nitrogens is 1. The van der Waals surface area contributed by atoms with Crippen molar-refractivity contribution in [3.05, 3.63) is 63.9 Å². The zero-order valence-electron chi connectivity index (χ0n) is 11.0. The Morgan fingerprint density at radius 1 is 1.05 bits per heavy atom. The minimum absolute atomic E-state index is 0.490. The predicted molar refractivity (Wildman–Crippen MR) is 81.4 cm³/mol. The third kappa shape index (κ3) is 4.42. The van der Waals surface area contributed by atoms with Crippen LogP contribution in [0.5, 0.6) is 0 Å². The molecule has 0 atom stereocenters. The topological polar surface area (TPSA) is 42.1 Å². The molecule has 0 unspecified atom stereocenters. The molecule has 100 valence electrons. The lowest BCUT2D eigenvalue weighted by atomic mass is 10.2. The van der Waals surface area contributed by atoms with E-state index in [1.165, 1.54) is 5.56 Å². The van der Waals surface area contributed by atoms with Crippen LogP contribution in [0, 0.1) is 0 Å². The highest BCUT2D eigenvalue weighted by Gasteiger charge is 2.03. The minimum Gasteiger partial charge on any atom is -0.325 e. The third-order valence-corrected chi connectivity index (χ3v) is 3.40. The fraction of sp³-hybridized carbons (Fsp3) is 0.267. The molecule has 1 aromatic heterocycles. The van der Waals surface area contributed by atoms with Crippen LogP contribution in [0.1, 0.15) is 17.0 Å². The number of rotatable bonds is 5. The normalized spacial score (nSPS) is 10.9. The molecule has 0 aliphatic heterocycles. The van der Waals surface area contributed by atoms with E-state index >= 15 is 0 Å². The van der Waals surface area contributed by atoms with Crippen LogP contribution in [-0.4, -0.2) is 16.9 Å². The average Bonchev–Trinajstić information content (AvgIpc) is 2.41. The Kier molecular flexibility index (Phi) is 5.07. The van der Waals surface area contributed by atoms with Gasteiger partial charge >= 0.3 is 0 Å². The van der Waals surface area contributed by atoms with E-state index in [0.717, 1.165) is 29.0 Å². The molecule has 0 saturated heterocycles. The Bertz CT molecular complexity index is 525. The number of nitrogens with zero attached hydrogens (tertiary/aromatic N) is 2. The highest BCUT2D eigenvalue weighted by molar-refractivity contribution is 9.10. The Balaban J connectivity index is 1.96. The zero-order valence-corrected chi connectivity index (χ0v) is 12.6. The van der Waals surface area contributed by atoms with Crippen molar-refractivity contribution in [2.75, 3.05) is 7.05 Å². The summed E-state index contributed by atoms with van der Waals surface area (Å²) < 4.78 is 1.11. The molecule has 0 radical (unpaired) electrons. The van der Waals surface area contributed by atoms with Crippen LogP contribution in [0.15, 0.2) is 46.9 Å². The summed E-state index contributed by atoms with van der Waals surface area (Å²) >= 11 is 3.45. The van der Waals surface area contributed by atoms with Crippen molar-refractivity contribution in [1.29, 1.82) is 0 Å². The lowest BCUT2D eigenvalue weighted by Gasteiger charge is -2.16. The third-order valence-electron chi connectivity index (χ3n) is 2.87. The van der Waals surface area contributed by atoms with Gasteiger partial charge in [0.05, 0.1) is 11.4 Å². The molecule has 0 aliphatic carbocycles. The molecule has 1 heterocycles. The average molecular weight is 320 g/mol. The van der Waals surface area contributed by atoms with E-state index < -0.39 is 0 Å². The van der Waals surface area contributed by atoms with Crippen LogP contribution in [0.25, 0.3) is 0 Å². The molecule has 0 amide bonds. The van der Waals surface area contributed by atoms with Gasteiger partial charge in [0.1, 0.15) is 0 Å². The van der Waals surface area contributed by atoms with Gasteiger partial charge < -0.3 is 5.73 Å². The quantitative estimate of drug-likeness (QED) is 0.921. The Hall–Kier alpha value is -1.23. The standard InChI is InChI=1S/C15H18BrN3/c1-19(10-12-5-7-13(16)8-6-12)11-15-4-2-3-14(9-17)18-15/h2-8H,9-11,17H2,1H3. The maximum atomic E-state index is 5.61. The lowest BCUT2D eigenvalue weighted by molar-refractivity contribution is 0.315. The molecule has 2 N–H and O–H groups in total. The number of halogens is 1. The Labute approximate surface area is 122 Å². The molecule has 2 aromatic rings. The van der Waals surface area contributed by atoms with E-state index in [9.17, 15) is 0 Å². The van der Waals surface area contributed by atoms with Crippen molar-refractivity contribution in [1.82, 2.24) is 9.88 Å². The van der Waals surface area contributed by atoms with Gasteiger partial charge in [0.25, 0.3) is 0 Å². The molecular weight excluding hydrogens is 302 g/mol. The second kappa shape index (κ2) is 6.80. The Morgan fingerprint density at radius 2 is 1.74 bits per heavy atom. The molecule has 0 saturated carbocycles. The second-order valence-electron chi connectivity index (χ2n) is 4.62. The smallest absolute Gasteiger partial charge is 0.0547 e. The van der Waals surface area contributed by atoms with Crippen molar-refractivity contribution in [2.24, 2.45) is 5.73 Å². The van der Waals surface area contributed by atoms with Crippen LogP contribution in [0.2, 0.25) is 0 Å². The van der Waals surface area contributed by atoms with Crippen LogP contribution < -0.4 is 5.73 Å². The largest absolute Gasteiger partial charge is 0.325 e. The minimum atomic E-state index is 0.490. The van der Waals surface area contributed by atoms with Crippen LogP contribution >= 0.6 is 15.9 Å². The summed E-state index contributed by atoms with van der Waals surface area (Å²) in [4.78, 5) is 6.75. The van der Waals surface area contributed by atoms with Crippen molar-refractivity contribution in [3.63, 3.8) is 0 Å². The van der Waals surface area contributed by atoms with E-state index in [1.807, 2.05) is 18.2 Å². The summed E-state index contributed by atoms with van der Waals surface area (Å²) in [6.45, 7) is 2.22. The van der Waals surface area contributed by atoms with Gasteiger partial charge in [0.2, 0.25) is 0 Å².